The first-order chi connectivity index (χ1) is 7.13. The van der Waals surface area contributed by atoms with Gasteiger partial charge in [-0.25, -0.2) is 9.37 Å². The second-order valence-corrected chi connectivity index (χ2v) is 4.30. The fraction of sp³-hybridized carbons (Fsp3) is 0.600. The van der Waals surface area contributed by atoms with E-state index in [1.807, 2.05) is 0 Å². The van der Waals surface area contributed by atoms with Crippen LogP contribution in [-0.2, 0) is 0 Å². The van der Waals surface area contributed by atoms with Gasteiger partial charge in [-0.05, 0) is 18.3 Å². The number of anilines is 2. The zero-order valence-corrected chi connectivity index (χ0v) is 8.97. The second-order valence-electron chi connectivity index (χ2n) is 4.30. The van der Waals surface area contributed by atoms with Crippen molar-refractivity contribution in [2.45, 2.75) is 19.8 Å². The fourth-order valence-corrected chi connectivity index (χ4v) is 1.30. The first-order valence-electron chi connectivity index (χ1n) is 5.07. The summed E-state index contributed by atoms with van der Waals surface area (Å²) >= 11 is 0. The standard InChI is InChI=1S/C10H15FN4/c1-10(3-4-10)6-14-8-7(11)5-13-9(12-2)15-8/h5H,3-4,6H2,1-2H3,(H2,12,13,14,15). The van der Waals surface area contributed by atoms with Gasteiger partial charge in [0, 0.05) is 13.6 Å². The Morgan fingerprint density at radius 3 is 2.87 bits per heavy atom. The molecule has 1 saturated carbocycles. The van der Waals surface area contributed by atoms with E-state index in [0.29, 0.717) is 11.4 Å². The summed E-state index contributed by atoms with van der Waals surface area (Å²) in [5, 5.41) is 5.80. The highest BCUT2D eigenvalue weighted by Gasteiger charge is 2.37. The molecule has 1 aliphatic carbocycles. The van der Waals surface area contributed by atoms with E-state index in [1.165, 1.54) is 19.0 Å². The lowest BCUT2D eigenvalue weighted by Gasteiger charge is -2.11. The molecule has 82 valence electrons. The minimum atomic E-state index is -0.404. The van der Waals surface area contributed by atoms with Gasteiger partial charge < -0.3 is 10.6 Å². The molecule has 0 unspecified atom stereocenters. The number of nitrogens with one attached hydrogen (secondary N) is 2. The van der Waals surface area contributed by atoms with Gasteiger partial charge in [0.1, 0.15) is 0 Å². The molecule has 0 amide bonds. The lowest BCUT2D eigenvalue weighted by Crippen LogP contribution is -2.14. The van der Waals surface area contributed by atoms with Gasteiger partial charge in [-0.2, -0.15) is 4.98 Å². The molecular weight excluding hydrogens is 195 g/mol. The van der Waals surface area contributed by atoms with Crippen LogP contribution in [0, 0.1) is 11.2 Å². The largest absolute Gasteiger partial charge is 0.367 e. The molecule has 0 saturated heterocycles. The smallest absolute Gasteiger partial charge is 0.224 e. The van der Waals surface area contributed by atoms with Crippen molar-refractivity contribution in [3.63, 3.8) is 0 Å². The highest BCUT2D eigenvalue weighted by atomic mass is 19.1. The molecule has 1 aliphatic rings. The topological polar surface area (TPSA) is 49.8 Å². The van der Waals surface area contributed by atoms with E-state index in [-0.39, 0.29) is 5.82 Å². The Kier molecular flexibility index (Phi) is 2.46. The van der Waals surface area contributed by atoms with Gasteiger partial charge in [0.25, 0.3) is 0 Å². The van der Waals surface area contributed by atoms with Crippen molar-refractivity contribution in [2.75, 3.05) is 24.2 Å². The van der Waals surface area contributed by atoms with E-state index in [0.717, 1.165) is 6.54 Å². The van der Waals surface area contributed by atoms with Crippen LogP contribution in [0.15, 0.2) is 6.20 Å². The summed E-state index contributed by atoms with van der Waals surface area (Å²) in [5.41, 5.74) is 0.331. The van der Waals surface area contributed by atoms with Crippen LogP contribution in [0.4, 0.5) is 16.2 Å². The number of hydrogen-bond donors (Lipinski definition) is 2. The quantitative estimate of drug-likeness (QED) is 0.796. The van der Waals surface area contributed by atoms with Crippen molar-refractivity contribution in [3.05, 3.63) is 12.0 Å². The molecule has 15 heavy (non-hydrogen) atoms. The molecule has 1 heterocycles. The fourth-order valence-electron chi connectivity index (χ4n) is 1.30. The summed E-state index contributed by atoms with van der Waals surface area (Å²) < 4.78 is 13.3. The van der Waals surface area contributed by atoms with Gasteiger partial charge in [-0.1, -0.05) is 6.92 Å². The predicted octanol–water partition coefficient (Wildman–Crippen LogP) is 1.87. The number of nitrogens with zero attached hydrogens (tertiary/aromatic N) is 2. The molecule has 1 fully saturated rings. The first-order valence-corrected chi connectivity index (χ1v) is 5.07. The molecule has 0 aromatic carbocycles. The molecule has 0 bridgehead atoms. The van der Waals surface area contributed by atoms with Crippen LogP contribution < -0.4 is 10.6 Å². The monoisotopic (exact) mass is 210 g/mol. The Balaban J connectivity index is 2.05. The summed E-state index contributed by atoms with van der Waals surface area (Å²) in [7, 11) is 1.71. The van der Waals surface area contributed by atoms with Gasteiger partial charge in [-0.15, -0.1) is 0 Å². The van der Waals surface area contributed by atoms with Crippen LogP contribution >= 0.6 is 0 Å². The van der Waals surface area contributed by atoms with Crippen molar-refractivity contribution in [1.82, 2.24) is 9.97 Å². The van der Waals surface area contributed by atoms with E-state index >= 15 is 0 Å². The molecular formula is C10H15FN4. The number of halogens is 1. The summed E-state index contributed by atoms with van der Waals surface area (Å²) in [6.45, 7) is 2.95. The maximum absolute atomic E-state index is 13.3. The molecule has 1 aromatic rings. The van der Waals surface area contributed by atoms with Crippen LogP contribution in [0.5, 0.6) is 0 Å². The summed E-state index contributed by atoms with van der Waals surface area (Å²) in [5.74, 6) is 0.306. The Labute approximate surface area is 88.3 Å². The zero-order valence-electron chi connectivity index (χ0n) is 8.97. The van der Waals surface area contributed by atoms with Crippen molar-refractivity contribution < 1.29 is 4.39 Å². The molecule has 1 aromatic heterocycles. The third-order valence-corrected chi connectivity index (χ3v) is 2.75. The molecule has 5 heteroatoms. The van der Waals surface area contributed by atoms with E-state index in [9.17, 15) is 4.39 Å². The first kappa shape index (κ1) is 10.1. The molecule has 4 nitrogen and oxygen atoms in total. The maximum atomic E-state index is 13.3. The second kappa shape index (κ2) is 3.64. The van der Waals surface area contributed by atoms with Crippen molar-refractivity contribution in [2.24, 2.45) is 5.41 Å². The average molecular weight is 210 g/mol. The summed E-state index contributed by atoms with van der Waals surface area (Å²) in [6, 6.07) is 0. The van der Waals surface area contributed by atoms with Crippen LogP contribution in [-0.4, -0.2) is 23.6 Å². The molecule has 0 atom stereocenters. The average Bonchev–Trinajstić information content (AvgIpc) is 2.96. The van der Waals surface area contributed by atoms with Gasteiger partial charge in [0.05, 0.1) is 6.20 Å². The summed E-state index contributed by atoms with van der Waals surface area (Å²) in [4.78, 5) is 7.79. The normalized spacial score (nSPS) is 17.3. The highest BCUT2D eigenvalue weighted by molar-refractivity contribution is 5.41. The van der Waals surface area contributed by atoms with Crippen LogP contribution in [0.25, 0.3) is 0 Å². The van der Waals surface area contributed by atoms with Gasteiger partial charge in [0.2, 0.25) is 5.95 Å². The van der Waals surface area contributed by atoms with E-state index in [4.69, 9.17) is 0 Å². The molecule has 0 spiro atoms. The maximum Gasteiger partial charge on any atom is 0.224 e. The van der Waals surface area contributed by atoms with Crippen molar-refractivity contribution >= 4 is 11.8 Å². The Morgan fingerprint density at radius 2 is 2.27 bits per heavy atom. The molecule has 0 aliphatic heterocycles. The van der Waals surface area contributed by atoms with Crippen molar-refractivity contribution in [1.29, 1.82) is 0 Å². The minimum Gasteiger partial charge on any atom is -0.367 e. The number of hydrogen-bond acceptors (Lipinski definition) is 4. The van der Waals surface area contributed by atoms with Crippen molar-refractivity contribution in [3.8, 4) is 0 Å². The van der Waals surface area contributed by atoms with Gasteiger partial charge >= 0.3 is 0 Å². The molecule has 0 radical (unpaired) electrons. The van der Waals surface area contributed by atoms with Gasteiger partial charge in [0.15, 0.2) is 11.6 Å². The van der Waals surface area contributed by atoms with E-state index in [1.54, 1.807) is 7.05 Å². The van der Waals surface area contributed by atoms with E-state index in [2.05, 4.69) is 27.5 Å². The Morgan fingerprint density at radius 1 is 1.53 bits per heavy atom. The number of aromatic nitrogens is 2. The lowest BCUT2D eigenvalue weighted by molar-refractivity contribution is 0.590. The number of rotatable bonds is 4. The van der Waals surface area contributed by atoms with Crippen LogP contribution in [0.1, 0.15) is 19.8 Å². The third-order valence-electron chi connectivity index (χ3n) is 2.75. The lowest BCUT2D eigenvalue weighted by atomic mass is 10.1. The summed E-state index contributed by atoms with van der Waals surface area (Å²) in [6.07, 6.45) is 3.58. The molecule has 2 N–H and O–H groups in total. The predicted molar refractivity (Wildman–Crippen MR) is 57.4 cm³/mol. The Bertz CT molecular complexity index is 362. The van der Waals surface area contributed by atoms with Crippen LogP contribution in [0.2, 0.25) is 0 Å². The highest BCUT2D eigenvalue weighted by Crippen LogP contribution is 2.44. The SMILES string of the molecule is CNc1ncc(F)c(NCC2(C)CC2)n1. The minimum absolute atomic E-state index is 0.280. The molecule has 2 rings (SSSR count). The van der Waals surface area contributed by atoms with Crippen LogP contribution in [0.3, 0.4) is 0 Å². The zero-order chi connectivity index (χ0) is 10.9. The van der Waals surface area contributed by atoms with E-state index < -0.39 is 5.82 Å². The van der Waals surface area contributed by atoms with Gasteiger partial charge in [-0.3, -0.25) is 0 Å². The Hall–Kier alpha value is -1.39. The third kappa shape index (κ3) is 2.34.